The summed E-state index contributed by atoms with van der Waals surface area (Å²) in [5.74, 6) is 1.83. The van der Waals surface area contributed by atoms with Crippen molar-refractivity contribution in [3.63, 3.8) is 0 Å². The zero-order chi connectivity index (χ0) is 13.0. The SMILES string of the molecule is CCN(Cc1c(C)nn(C)c1NC)CC(C)C. The number of hydrogen-bond donors (Lipinski definition) is 1. The number of aryl methyl sites for hydroxylation is 2. The van der Waals surface area contributed by atoms with Gasteiger partial charge in [0.15, 0.2) is 0 Å². The summed E-state index contributed by atoms with van der Waals surface area (Å²) < 4.78 is 1.92. The molecule has 4 nitrogen and oxygen atoms in total. The van der Waals surface area contributed by atoms with Gasteiger partial charge in [-0.3, -0.25) is 9.58 Å². The second kappa shape index (κ2) is 6.05. The third-order valence-electron chi connectivity index (χ3n) is 3.04. The van der Waals surface area contributed by atoms with Gasteiger partial charge in [-0.1, -0.05) is 20.8 Å². The van der Waals surface area contributed by atoms with Crippen LogP contribution >= 0.6 is 0 Å². The Labute approximate surface area is 105 Å². The van der Waals surface area contributed by atoms with E-state index < -0.39 is 0 Å². The number of nitrogens with one attached hydrogen (secondary N) is 1. The van der Waals surface area contributed by atoms with Gasteiger partial charge in [-0.15, -0.1) is 0 Å². The quantitative estimate of drug-likeness (QED) is 0.825. The third kappa shape index (κ3) is 3.46. The number of nitrogens with zero attached hydrogens (tertiary/aromatic N) is 3. The Morgan fingerprint density at radius 1 is 1.41 bits per heavy atom. The van der Waals surface area contributed by atoms with Crippen molar-refractivity contribution in [2.24, 2.45) is 13.0 Å². The molecule has 1 N–H and O–H groups in total. The molecule has 0 bridgehead atoms. The molecular weight excluding hydrogens is 212 g/mol. The van der Waals surface area contributed by atoms with E-state index in [4.69, 9.17) is 0 Å². The minimum atomic E-state index is 0.699. The highest BCUT2D eigenvalue weighted by molar-refractivity contribution is 5.46. The van der Waals surface area contributed by atoms with Crippen molar-refractivity contribution < 1.29 is 0 Å². The van der Waals surface area contributed by atoms with E-state index >= 15 is 0 Å². The summed E-state index contributed by atoms with van der Waals surface area (Å²) in [6, 6.07) is 0. The predicted molar refractivity (Wildman–Crippen MR) is 73.3 cm³/mol. The third-order valence-corrected chi connectivity index (χ3v) is 3.04. The first-order valence-corrected chi connectivity index (χ1v) is 6.42. The van der Waals surface area contributed by atoms with Crippen LogP contribution < -0.4 is 5.32 Å². The Morgan fingerprint density at radius 2 is 2.06 bits per heavy atom. The van der Waals surface area contributed by atoms with Crippen molar-refractivity contribution in [1.82, 2.24) is 14.7 Å². The molecule has 17 heavy (non-hydrogen) atoms. The van der Waals surface area contributed by atoms with Crippen LogP contribution in [0.1, 0.15) is 32.0 Å². The lowest BCUT2D eigenvalue weighted by atomic mass is 10.1. The van der Waals surface area contributed by atoms with Crippen LogP contribution in [0.2, 0.25) is 0 Å². The number of hydrogen-bond acceptors (Lipinski definition) is 3. The Kier molecular flexibility index (Phi) is 5.00. The molecule has 0 amide bonds. The summed E-state index contributed by atoms with van der Waals surface area (Å²) in [4.78, 5) is 2.47. The fraction of sp³-hybridized carbons (Fsp3) is 0.769. The average molecular weight is 238 g/mol. The average Bonchev–Trinajstić information content (AvgIpc) is 2.51. The lowest BCUT2D eigenvalue weighted by molar-refractivity contribution is 0.248. The van der Waals surface area contributed by atoms with Crippen molar-refractivity contribution in [1.29, 1.82) is 0 Å². The van der Waals surface area contributed by atoms with E-state index in [0.717, 1.165) is 31.1 Å². The van der Waals surface area contributed by atoms with Crippen molar-refractivity contribution in [3.05, 3.63) is 11.3 Å². The molecule has 98 valence electrons. The van der Waals surface area contributed by atoms with E-state index in [0.29, 0.717) is 5.92 Å². The molecule has 0 atom stereocenters. The molecule has 0 fully saturated rings. The highest BCUT2D eigenvalue weighted by Gasteiger charge is 2.15. The molecule has 4 heteroatoms. The zero-order valence-electron chi connectivity index (χ0n) is 12.0. The maximum Gasteiger partial charge on any atom is 0.128 e. The van der Waals surface area contributed by atoms with Gasteiger partial charge in [0.25, 0.3) is 0 Å². The van der Waals surface area contributed by atoms with Crippen molar-refractivity contribution >= 4 is 5.82 Å². The molecule has 0 aliphatic carbocycles. The topological polar surface area (TPSA) is 33.1 Å². The van der Waals surface area contributed by atoms with Gasteiger partial charge in [-0.25, -0.2) is 0 Å². The monoisotopic (exact) mass is 238 g/mol. The molecule has 0 unspecified atom stereocenters. The zero-order valence-corrected chi connectivity index (χ0v) is 12.0. The molecule has 0 spiro atoms. The Balaban J connectivity index is 2.85. The Hall–Kier alpha value is -1.03. The first kappa shape index (κ1) is 14.0. The second-order valence-corrected chi connectivity index (χ2v) is 5.01. The summed E-state index contributed by atoms with van der Waals surface area (Å²) in [5.41, 5.74) is 2.44. The fourth-order valence-corrected chi connectivity index (χ4v) is 2.25. The summed E-state index contributed by atoms with van der Waals surface area (Å²) in [5, 5.41) is 7.72. The maximum atomic E-state index is 4.48. The molecule has 0 saturated heterocycles. The number of aromatic nitrogens is 2. The van der Waals surface area contributed by atoms with Crippen LogP contribution in [0.5, 0.6) is 0 Å². The van der Waals surface area contributed by atoms with Crippen molar-refractivity contribution in [2.45, 2.75) is 34.2 Å². The Bertz CT molecular complexity index is 355. The van der Waals surface area contributed by atoms with Crippen LogP contribution in [0.15, 0.2) is 0 Å². The largest absolute Gasteiger partial charge is 0.373 e. The summed E-state index contributed by atoms with van der Waals surface area (Å²) in [7, 11) is 3.94. The van der Waals surface area contributed by atoms with Gasteiger partial charge in [-0.2, -0.15) is 5.10 Å². The van der Waals surface area contributed by atoms with E-state index in [1.807, 2.05) is 18.8 Å². The number of anilines is 1. The van der Waals surface area contributed by atoms with Gasteiger partial charge in [0.1, 0.15) is 5.82 Å². The fourth-order valence-electron chi connectivity index (χ4n) is 2.25. The first-order chi connectivity index (χ1) is 7.99. The van der Waals surface area contributed by atoms with Crippen LogP contribution in [0, 0.1) is 12.8 Å². The lowest BCUT2D eigenvalue weighted by Gasteiger charge is -2.22. The van der Waals surface area contributed by atoms with E-state index in [-0.39, 0.29) is 0 Å². The number of rotatable bonds is 6. The molecule has 1 rings (SSSR count). The molecule has 1 aromatic heterocycles. The first-order valence-electron chi connectivity index (χ1n) is 6.42. The Morgan fingerprint density at radius 3 is 2.53 bits per heavy atom. The second-order valence-electron chi connectivity index (χ2n) is 5.01. The standard InChI is InChI=1S/C13H26N4/c1-7-17(8-10(2)3)9-12-11(4)15-16(6)13(12)14-5/h10,14H,7-9H2,1-6H3. The molecule has 1 aromatic rings. The molecular formula is C13H26N4. The van der Waals surface area contributed by atoms with Gasteiger partial charge in [0.2, 0.25) is 0 Å². The van der Waals surface area contributed by atoms with Crippen LogP contribution in [0.25, 0.3) is 0 Å². The van der Waals surface area contributed by atoms with Crippen LogP contribution in [-0.2, 0) is 13.6 Å². The van der Waals surface area contributed by atoms with E-state index in [1.54, 1.807) is 0 Å². The van der Waals surface area contributed by atoms with Crippen LogP contribution in [0.4, 0.5) is 5.82 Å². The maximum absolute atomic E-state index is 4.48. The normalized spacial score (nSPS) is 11.5. The van der Waals surface area contributed by atoms with E-state index in [9.17, 15) is 0 Å². The highest BCUT2D eigenvalue weighted by atomic mass is 15.3. The summed E-state index contributed by atoms with van der Waals surface area (Å²) in [6.45, 7) is 12.0. The minimum Gasteiger partial charge on any atom is -0.373 e. The van der Waals surface area contributed by atoms with E-state index in [2.05, 4.69) is 43.0 Å². The van der Waals surface area contributed by atoms with Crippen LogP contribution in [-0.4, -0.2) is 34.8 Å². The molecule has 0 aliphatic rings. The van der Waals surface area contributed by atoms with E-state index in [1.165, 1.54) is 5.56 Å². The van der Waals surface area contributed by atoms with Gasteiger partial charge >= 0.3 is 0 Å². The molecule has 0 aromatic carbocycles. The van der Waals surface area contributed by atoms with Crippen molar-refractivity contribution in [2.75, 3.05) is 25.5 Å². The molecule has 0 aliphatic heterocycles. The molecule has 0 saturated carbocycles. The van der Waals surface area contributed by atoms with Crippen LogP contribution in [0.3, 0.4) is 0 Å². The van der Waals surface area contributed by atoms with Gasteiger partial charge in [0.05, 0.1) is 5.69 Å². The van der Waals surface area contributed by atoms with Gasteiger partial charge < -0.3 is 5.32 Å². The predicted octanol–water partition coefficient (Wildman–Crippen LogP) is 2.25. The highest BCUT2D eigenvalue weighted by Crippen LogP contribution is 2.20. The van der Waals surface area contributed by atoms with Crippen molar-refractivity contribution in [3.8, 4) is 0 Å². The van der Waals surface area contributed by atoms with Gasteiger partial charge in [0, 0.05) is 32.7 Å². The summed E-state index contributed by atoms with van der Waals surface area (Å²) in [6.07, 6.45) is 0. The van der Waals surface area contributed by atoms with Gasteiger partial charge in [-0.05, 0) is 19.4 Å². The smallest absolute Gasteiger partial charge is 0.128 e. The lowest BCUT2D eigenvalue weighted by Crippen LogP contribution is -2.27. The summed E-state index contributed by atoms with van der Waals surface area (Å²) >= 11 is 0. The molecule has 1 heterocycles. The molecule has 0 radical (unpaired) electrons. The minimum absolute atomic E-state index is 0.699.